The first kappa shape index (κ1) is 15.6. The molecule has 0 bridgehead atoms. The average molecular weight is 329 g/mol. The van der Waals surface area contributed by atoms with Crippen molar-refractivity contribution in [1.29, 1.82) is 0 Å². The van der Waals surface area contributed by atoms with Crippen molar-refractivity contribution < 1.29 is 19.8 Å². The standard InChI is InChI=1S/C17H16N2O3S/c20-17(21)14(10-23)18-9-13-11-5-1-3-7-15(11)19(22)16-8-4-2-6-12(13)16/h1-8,14,18H,9-10H2,(H2-,20,21,22,23)/p+1. The fourth-order valence-electron chi connectivity index (χ4n) is 2.75. The highest BCUT2D eigenvalue weighted by Crippen LogP contribution is 2.24. The number of fused-ring (bicyclic) bond motifs is 2. The predicted molar refractivity (Wildman–Crippen MR) is 91.0 cm³/mol. The predicted octanol–water partition coefficient (Wildman–Crippen LogP) is 1.99. The second kappa shape index (κ2) is 6.44. The Balaban J connectivity index is 2.16. The first-order valence-corrected chi connectivity index (χ1v) is 7.87. The van der Waals surface area contributed by atoms with Crippen molar-refractivity contribution in [2.75, 3.05) is 5.75 Å². The summed E-state index contributed by atoms with van der Waals surface area (Å²) in [5, 5.41) is 24.4. The molecule has 3 rings (SSSR count). The summed E-state index contributed by atoms with van der Waals surface area (Å²) >= 11 is 4.08. The molecule has 0 fully saturated rings. The highest BCUT2D eigenvalue weighted by atomic mass is 32.1. The van der Waals surface area contributed by atoms with Gasteiger partial charge in [0.15, 0.2) is 0 Å². The molecule has 1 aromatic heterocycles. The first-order chi connectivity index (χ1) is 11.1. The number of benzene rings is 2. The summed E-state index contributed by atoms with van der Waals surface area (Å²) in [4.78, 5) is 11.2. The van der Waals surface area contributed by atoms with Crippen LogP contribution < -0.4 is 10.0 Å². The van der Waals surface area contributed by atoms with E-state index in [9.17, 15) is 10.0 Å². The molecule has 0 spiro atoms. The largest absolute Gasteiger partial charge is 0.480 e. The number of hydrogen-bond acceptors (Lipinski definition) is 4. The first-order valence-electron chi connectivity index (χ1n) is 7.24. The molecule has 0 saturated carbocycles. The van der Waals surface area contributed by atoms with Gasteiger partial charge >= 0.3 is 5.97 Å². The molecule has 23 heavy (non-hydrogen) atoms. The van der Waals surface area contributed by atoms with E-state index >= 15 is 0 Å². The molecule has 0 aliphatic carbocycles. The van der Waals surface area contributed by atoms with E-state index in [1.807, 2.05) is 48.5 Å². The van der Waals surface area contributed by atoms with E-state index in [2.05, 4.69) is 17.9 Å². The number of pyridine rings is 1. The summed E-state index contributed by atoms with van der Waals surface area (Å²) in [6, 6.07) is 14.3. The molecule has 0 radical (unpaired) electrons. The van der Waals surface area contributed by atoms with Gasteiger partial charge in [-0.2, -0.15) is 12.6 Å². The topological polar surface area (TPSA) is 73.4 Å². The summed E-state index contributed by atoms with van der Waals surface area (Å²) in [6.45, 7) is 0.374. The Labute approximate surface area is 138 Å². The van der Waals surface area contributed by atoms with Crippen molar-refractivity contribution in [2.24, 2.45) is 0 Å². The van der Waals surface area contributed by atoms with Gasteiger partial charge in [-0.15, -0.1) is 0 Å². The van der Waals surface area contributed by atoms with Crippen molar-refractivity contribution in [3.63, 3.8) is 0 Å². The van der Waals surface area contributed by atoms with E-state index in [1.54, 1.807) is 0 Å². The number of carboxylic acid groups (broad SMARTS) is 1. The Morgan fingerprint density at radius 1 is 1.09 bits per heavy atom. The number of thiol groups is 1. The highest BCUT2D eigenvalue weighted by molar-refractivity contribution is 7.80. The minimum atomic E-state index is -0.929. The summed E-state index contributed by atoms with van der Waals surface area (Å²) in [5.74, 6) is -0.723. The van der Waals surface area contributed by atoms with Crippen LogP contribution in [0.15, 0.2) is 48.5 Å². The Morgan fingerprint density at radius 3 is 2.09 bits per heavy atom. The molecule has 1 atom stereocenters. The number of hydrogen-bond donors (Lipinski definition) is 4. The van der Waals surface area contributed by atoms with Crippen molar-refractivity contribution in [3.8, 4) is 0 Å². The summed E-state index contributed by atoms with van der Waals surface area (Å²) in [5.41, 5.74) is 2.32. The zero-order chi connectivity index (χ0) is 16.4. The van der Waals surface area contributed by atoms with Crippen LogP contribution in [0.4, 0.5) is 0 Å². The molecule has 6 heteroatoms. The number of aromatic nitrogens is 1. The summed E-state index contributed by atoms with van der Waals surface area (Å²) in [6.07, 6.45) is 0. The molecule has 0 aliphatic heterocycles. The lowest BCUT2D eigenvalue weighted by molar-refractivity contribution is -0.864. The summed E-state index contributed by atoms with van der Waals surface area (Å²) in [7, 11) is 0. The molecule has 0 amide bonds. The highest BCUT2D eigenvalue weighted by Gasteiger charge is 2.21. The smallest absolute Gasteiger partial charge is 0.321 e. The van der Waals surface area contributed by atoms with Crippen LogP contribution in [-0.2, 0) is 11.3 Å². The number of carbonyl (C=O) groups is 1. The van der Waals surface area contributed by atoms with Gasteiger partial charge in [0.25, 0.3) is 11.0 Å². The second-order valence-corrected chi connectivity index (χ2v) is 5.64. The minimum absolute atomic E-state index is 0.206. The molecule has 2 aromatic carbocycles. The van der Waals surface area contributed by atoms with Crippen LogP contribution in [0, 0.1) is 0 Å². The normalized spacial score (nSPS) is 12.6. The van der Waals surface area contributed by atoms with Gasteiger partial charge in [0, 0.05) is 29.2 Å². The second-order valence-electron chi connectivity index (χ2n) is 5.28. The lowest BCUT2D eigenvalue weighted by Gasteiger charge is -2.14. The molecule has 1 heterocycles. The molecule has 3 aromatic rings. The van der Waals surface area contributed by atoms with E-state index in [0.29, 0.717) is 17.6 Å². The molecule has 3 N–H and O–H groups in total. The number of nitrogens with one attached hydrogen (secondary N) is 1. The molecular formula is C17H17N2O3S+. The third-order valence-electron chi connectivity index (χ3n) is 3.92. The van der Waals surface area contributed by atoms with Crippen LogP contribution in [0.1, 0.15) is 5.56 Å². The van der Waals surface area contributed by atoms with Gasteiger partial charge in [-0.25, -0.2) is 0 Å². The van der Waals surface area contributed by atoms with Crippen LogP contribution >= 0.6 is 12.6 Å². The fraction of sp³-hybridized carbons (Fsp3) is 0.176. The third-order valence-corrected chi connectivity index (χ3v) is 4.29. The van der Waals surface area contributed by atoms with Gasteiger partial charge in [-0.1, -0.05) is 24.3 Å². The molecule has 118 valence electrons. The van der Waals surface area contributed by atoms with Crippen molar-refractivity contribution in [1.82, 2.24) is 5.32 Å². The van der Waals surface area contributed by atoms with Crippen LogP contribution in [-0.4, -0.2) is 28.1 Å². The quantitative estimate of drug-likeness (QED) is 0.250. The Bertz CT molecular complexity index is 825. The zero-order valence-corrected chi connectivity index (χ0v) is 13.2. The maximum absolute atomic E-state index is 11.2. The van der Waals surface area contributed by atoms with Crippen LogP contribution in [0.25, 0.3) is 21.8 Å². The van der Waals surface area contributed by atoms with Crippen molar-refractivity contribution in [2.45, 2.75) is 12.6 Å². The van der Waals surface area contributed by atoms with Gasteiger partial charge in [0.2, 0.25) is 0 Å². The van der Waals surface area contributed by atoms with Crippen LogP contribution in [0.3, 0.4) is 0 Å². The van der Waals surface area contributed by atoms with E-state index in [-0.39, 0.29) is 5.75 Å². The van der Waals surface area contributed by atoms with E-state index in [1.165, 1.54) is 4.73 Å². The number of aliphatic carboxylic acids is 1. The fourth-order valence-corrected chi connectivity index (χ4v) is 3.03. The summed E-state index contributed by atoms with van der Waals surface area (Å²) < 4.78 is 1.17. The lowest BCUT2D eigenvalue weighted by atomic mass is 10.0. The van der Waals surface area contributed by atoms with E-state index in [4.69, 9.17) is 5.11 Å². The Hall–Kier alpha value is -2.31. The van der Waals surface area contributed by atoms with E-state index in [0.717, 1.165) is 16.3 Å². The van der Waals surface area contributed by atoms with Gasteiger partial charge in [0.1, 0.15) is 6.04 Å². The lowest BCUT2D eigenvalue weighted by Crippen LogP contribution is -2.38. The van der Waals surface area contributed by atoms with Gasteiger partial charge in [-0.3, -0.25) is 15.3 Å². The van der Waals surface area contributed by atoms with Gasteiger partial charge in [0.05, 0.1) is 10.8 Å². The number of para-hydroxylation sites is 2. The van der Waals surface area contributed by atoms with Crippen molar-refractivity contribution >= 4 is 40.4 Å². The molecule has 0 saturated heterocycles. The molecule has 1 unspecified atom stereocenters. The van der Waals surface area contributed by atoms with Gasteiger partial charge < -0.3 is 5.11 Å². The zero-order valence-electron chi connectivity index (χ0n) is 12.3. The molecule has 0 aliphatic rings. The minimum Gasteiger partial charge on any atom is -0.480 e. The van der Waals surface area contributed by atoms with Crippen molar-refractivity contribution in [3.05, 3.63) is 54.1 Å². The molecule has 5 nitrogen and oxygen atoms in total. The van der Waals surface area contributed by atoms with Gasteiger partial charge in [-0.05, 0) is 17.7 Å². The third kappa shape index (κ3) is 2.83. The average Bonchev–Trinajstić information content (AvgIpc) is 2.58. The Kier molecular flexibility index (Phi) is 4.36. The monoisotopic (exact) mass is 329 g/mol. The number of nitrogens with zero attached hydrogens (tertiary/aromatic N) is 1. The Morgan fingerprint density at radius 2 is 1.61 bits per heavy atom. The SMILES string of the molecule is O=C(O)C(CS)NCc1c2ccccc2[n+](O)c2ccccc12. The maximum Gasteiger partial charge on any atom is 0.321 e. The maximum atomic E-state index is 11.2. The van der Waals surface area contributed by atoms with E-state index < -0.39 is 12.0 Å². The number of rotatable bonds is 5. The van der Waals surface area contributed by atoms with Crippen LogP contribution in [0.5, 0.6) is 0 Å². The number of carboxylic acids is 1. The van der Waals surface area contributed by atoms with Crippen LogP contribution in [0.2, 0.25) is 0 Å². The molecular weight excluding hydrogens is 312 g/mol.